The highest BCUT2D eigenvalue weighted by atomic mass is 16.3. The molecule has 4 aromatic carbocycles. The molecule has 2 heterocycles. The molecule has 0 N–H and O–H groups in total. The topological polar surface area (TPSA) is 26.0 Å². The van der Waals surface area contributed by atoms with Crippen molar-refractivity contribution in [3.8, 4) is 11.3 Å². The van der Waals surface area contributed by atoms with Crippen LogP contribution < -0.4 is 0 Å². The zero-order valence-corrected chi connectivity index (χ0v) is 18.4. The summed E-state index contributed by atoms with van der Waals surface area (Å²) in [6, 6.07) is 26.1. The highest BCUT2D eigenvalue weighted by Gasteiger charge is 2.16. The molecule has 0 radical (unpaired) electrons. The van der Waals surface area contributed by atoms with Gasteiger partial charge < -0.3 is 4.42 Å². The first-order valence-corrected chi connectivity index (χ1v) is 10.9. The van der Waals surface area contributed by atoms with E-state index >= 15 is 0 Å². The Morgan fingerprint density at radius 3 is 2.50 bits per heavy atom. The molecule has 156 valence electrons. The van der Waals surface area contributed by atoms with Crippen molar-refractivity contribution in [3.63, 3.8) is 0 Å². The lowest BCUT2D eigenvalue weighted by Gasteiger charge is -2.18. The number of para-hydroxylation sites is 1. The van der Waals surface area contributed by atoms with Crippen LogP contribution in [0.25, 0.3) is 54.7 Å². The SMILES string of the molecule is [2H]c1cc(C([2H])([2H])C(C)(C)C)cc(-c2cccc3c2oc2cc4c(ccc5ccccc54)cc23)n1. The Labute approximate surface area is 191 Å². The second kappa shape index (κ2) is 6.93. The Hall–Kier alpha value is -3.65. The van der Waals surface area contributed by atoms with Crippen LogP contribution in [0.1, 0.15) is 30.4 Å². The molecule has 0 saturated heterocycles. The van der Waals surface area contributed by atoms with Gasteiger partial charge in [0.05, 0.1) is 7.06 Å². The molecule has 0 aliphatic carbocycles. The van der Waals surface area contributed by atoms with Crippen molar-refractivity contribution in [1.29, 1.82) is 0 Å². The average molecular weight is 419 g/mol. The van der Waals surface area contributed by atoms with Gasteiger partial charge in [0, 0.05) is 25.3 Å². The Kier molecular flexibility index (Phi) is 3.48. The number of rotatable bonds is 2. The van der Waals surface area contributed by atoms with Crippen molar-refractivity contribution in [1.82, 2.24) is 4.98 Å². The van der Waals surface area contributed by atoms with Crippen molar-refractivity contribution >= 4 is 43.5 Å². The van der Waals surface area contributed by atoms with Gasteiger partial charge in [-0.3, -0.25) is 4.98 Å². The molecule has 32 heavy (non-hydrogen) atoms. The van der Waals surface area contributed by atoms with E-state index in [2.05, 4.69) is 47.4 Å². The predicted octanol–water partition coefficient (Wildman–Crippen LogP) is 8.54. The second-order valence-electron chi connectivity index (χ2n) is 9.39. The van der Waals surface area contributed by atoms with E-state index in [0.717, 1.165) is 32.7 Å². The summed E-state index contributed by atoms with van der Waals surface area (Å²) in [5, 5.41) is 6.67. The van der Waals surface area contributed by atoms with E-state index in [1.165, 1.54) is 16.8 Å². The van der Waals surface area contributed by atoms with Gasteiger partial charge >= 0.3 is 0 Å². The molecule has 0 unspecified atom stereocenters. The lowest BCUT2D eigenvalue weighted by Crippen LogP contribution is -2.09. The summed E-state index contributed by atoms with van der Waals surface area (Å²) >= 11 is 0. The zero-order valence-electron chi connectivity index (χ0n) is 21.4. The molecule has 6 rings (SSSR count). The van der Waals surface area contributed by atoms with Crippen LogP contribution >= 0.6 is 0 Å². The van der Waals surface area contributed by atoms with Gasteiger partial charge in [-0.2, -0.15) is 0 Å². The molecule has 0 amide bonds. The maximum absolute atomic E-state index is 8.71. The molecule has 0 fully saturated rings. The molecule has 0 aliphatic rings. The average Bonchev–Trinajstić information content (AvgIpc) is 3.19. The monoisotopic (exact) mass is 418 g/mol. The maximum atomic E-state index is 8.71. The fourth-order valence-electron chi connectivity index (χ4n) is 4.54. The number of benzene rings is 4. The number of fused-ring (bicyclic) bond motifs is 6. The summed E-state index contributed by atoms with van der Waals surface area (Å²) < 4.78 is 32.1. The smallest absolute Gasteiger partial charge is 0.144 e. The molecule has 0 saturated carbocycles. The number of hydrogen-bond acceptors (Lipinski definition) is 2. The quantitative estimate of drug-likeness (QED) is 0.263. The fourth-order valence-corrected chi connectivity index (χ4v) is 4.54. The van der Waals surface area contributed by atoms with Crippen LogP contribution in [0.5, 0.6) is 0 Å². The van der Waals surface area contributed by atoms with E-state index in [1.807, 2.05) is 45.0 Å². The first kappa shape index (κ1) is 16.0. The first-order valence-electron chi connectivity index (χ1n) is 12.4. The van der Waals surface area contributed by atoms with E-state index in [4.69, 9.17) is 8.53 Å². The van der Waals surface area contributed by atoms with Crippen LogP contribution in [0, 0.1) is 5.41 Å². The van der Waals surface area contributed by atoms with Crippen LogP contribution in [-0.4, -0.2) is 4.98 Å². The molecule has 6 aromatic rings. The molecular weight excluding hydrogens is 390 g/mol. The highest BCUT2D eigenvalue weighted by molar-refractivity contribution is 6.17. The Morgan fingerprint density at radius 1 is 0.812 bits per heavy atom. The Bertz CT molecular complexity index is 1780. The van der Waals surface area contributed by atoms with Crippen molar-refractivity contribution in [2.24, 2.45) is 5.41 Å². The van der Waals surface area contributed by atoms with Gasteiger partial charge in [-0.1, -0.05) is 69.3 Å². The maximum Gasteiger partial charge on any atom is 0.144 e. The first-order chi connectivity index (χ1) is 16.6. The number of pyridine rings is 1. The Balaban J connectivity index is 1.61. The van der Waals surface area contributed by atoms with Crippen LogP contribution in [0.3, 0.4) is 0 Å². The van der Waals surface area contributed by atoms with Crippen molar-refractivity contribution in [2.75, 3.05) is 0 Å². The van der Waals surface area contributed by atoms with Gasteiger partial charge in [0.25, 0.3) is 0 Å². The van der Waals surface area contributed by atoms with Crippen LogP contribution in [0.2, 0.25) is 0 Å². The lowest BCUT2D eigenvalue weighted by molar-refractivity contribution is 0.411. The predicted molar refractivity (Wildman–Crippen MR) is 135 cm³/mol. The van der Waals surface area contributed by atoms with Crippen molar-refractivity contribution in [3.05, 3.63) is 90.6 Å². The van der Waals surface area contributed by atoms with Gasteiger partial charge in [0.1, 0.15) is 11.2 Å². The summed E-state index contributed by atoms with van der Waals surface area (Å²) in [5.74, 6) is 0. The third-order valence-corrected chi connectivity index (χ3v) is 5.85. The van der Waals surface area contributed by atoms with Gasteiger partial charge in [0.15, 0.2) is 0 Å². The van der Waals surface area contributed by atoms with E-state index in [9.17, 15) is 0 Å². The summed E-state index contributed by atoms with van der Waals surface area (Å²) in [6.07, 6.45) is -1.59. The van der Waals surface area contributed by atoms with E-state index in [1.54, 1.807) is 6.07 Å². The van der Waals surface area contributed by atoms with Crippen molar-refractivity contribution < 1.29 is 8.53 Å². The molecule has 0 spiro atoms. The summed E-state index contributed by atoms with van der Waals surface area (Å²) in [5.41, 5.74) is 2.61. The second-order valence-corrected chi connectivity index (χ2v) is 9.39. The molecular formula is C30H25NO. The van der Waals surface area contributed by atoms with Gasteiger partial charge in [-0.25, -0.2) is 0 Å². The highest BCUT2D eigenvalue weighted by Crippen LogP contribution is 2.38. The van der Waals surface area contributed by atoms with Crippen LogP contribution in [0.4, 0.5) is 0 Å². The lowest BCUT2D eigenvalue weighted by atomic mass is 9.88. The van der Waals surface area contributed by atoms with Crippen molar-refractivity contribution in [2.45, 2.75) is 27.1 Å². The number of furan rings is 1. The van der Waals surface area contributed by atoms with Gasteiger partial charge in [0.2, 0.25) is 0 Å². The minimum atomic E-state index is -1.62. The van der Waals surface area contributed by atoms with Crippen LogP contribution in [0.15, 0.2) is 89.5 Å². The van der Waals surface area contributed by atoms with E-state index < -0.39 is 11.8 Å². The number of aromatic nitrogens is 1. The van der Waals surface area contributed by atoms with E-state index in [-0.39, 0.29) is 6.17 Å². The van der Waals surface area contributed by atoms with Gasteiger partial charge in [-0.15, -0.1) is 0 Å². The molecule has 2 heteroatoms. The molecule has 0 bridgehead atoms. The zero-order chi connectivity index (χ0) is 24.5. The third-order valence-electron chi connectivity index (χ3n) is 5.85. The molecule has 0 aliphatic heterocycles. The summed E-state index contributed by atoms with van der Waals surface area (Å²) in [7, 11) is 0. The largest absolute Gasteiger partial charge is 0.455 e. The number of nitrogens with zero attached hydrogens (tertiary/aromatic N) is 1. The van der Waals surface area contributed by atoms with E-state index in [0.29, 0.717) is 16.8 Å². The number of hydrogen-bond donors (Lipinski definition) is 0. The normalized spacial score (nSPS) is 14.2. The standard InChI is InChI=1S/C30H25NO/c1-30(2,3)18-19-13-14-31-27(15-19)24-10-6-9-23-26-16-21-12-11-20-7-4-5-8-22(20)25(21)17-28(26)32-29(23)24/h4-17H,18H2,1-3H3/i14D,18D2. The van der Waals surface area contributed by atoms with Gasteiger partial charge in [-0.05, 0) is 69.2 Å². The molecule has 2 aromatic heterocycles. The summed E-state index contributed by atoms with van der Waals surface area (Å²) in [4.78, 5) is 4.46. The molecule has 0 atom stereocenters. The minimum Gasteiger partial charge on any atom is -0.455 e. The van der Waals surface area contributed by atoms with Crippen LogP contribution in [-0.2, 0) is 6.37 Å². The third kappa shape index (κ3) is 3.15. The fraction of sp³-hybridized carbons (Fsp3) is 0.167. The molecule has 2 nitrogen and oxygen atoms in total. The minimum absolute atomic E-state index is 0.0379. The Morgan fingerprint density at radius 2 is 1.62 bits per heavy atom. The summed E-state index contributed by atoms with van der Waals surface area (Å²) in [6.45, 7) is 5.60.